The molecule has 34 heavy (non-hydrogen) atoms. The highest BCUT2D eigenvalue weighted by Crippen LogP contribution is 2.27. The van der Waals surface area contributed by atoms with E-state index in [1.165, 1.54) is 23.5 Å². The summed E-state index contributed by atoms with van der Waals surface area (Å²) in [5.74, 6) is 0.333. The molecule has 1 aliphatic rings. The van der Waals surface area contributed by atoms with E-state index >= 15 is 0 Å². The predicted molar refractivity (Wildman–Crippen MR) is 127 cm³/mol. The Balaban J connectivity index is 1.42. The smallest absolute Gasteiger partial charge is 0.242 e. The van der Waals surface area contributed by atoms with Crippen LogP contribution >= 0.6 is 0 Å². The van der Waals surface area contributed by atoms with Crippen molar-refractivity contribution in [3.8, 4) is 5.75 Å². The van der Waals surface area contributed by atoms with Crippen molar-refractivity contribution in [3.05, 3.63) is 94.8 Å². The first kappa shape index (κ1) is 23.9. The number of nitrogens with zero attached hydrogens (tertiary/aromatic N) is 2. The highest BCUT2D eigenvalue weighted by molar-refractivity contribution is 7.89. The Labute approximate surface area is 199 Å². The quantitative estimate of drug-likeness (QED) is 0.490. The van der Waals surface area contributed by atoms with Gasteiger partial charge in [0.1, 0.15) is 11.6 Å². The first-order valence-corrected chi connectivity index (χ1v) is 12.4. The second-order valence-electron chi connectivity index (χ2n) is 8.42. The topological polar surface area (TPSA) is 66.9 Å². The molecule has 178 valence electrons. The van der Waals surface area contributed by atoms with Crippen LogP contribution in [0.5, 0.6) is 5.75 Å². The molecule has 1 aliphatic heterocycles. The maximum atomic E-state index is 13.4. The predicted octanol–water partition coefficient (Wildman–Crippen LogP) is 3.78. The van der Waals surface area contributed by atoms with Crippen molar-refractivity contribution in [2.75, 3.05) is 20.7 Å². The second-order valence-corrected chi connectivity index (χ2v) is 10.5. The Morgan fingerprint density at radius 1 is 1.00 bits per heavy atom. The van der Waals surface area contributed by atoms with Crippen LogP contribution in [0, 0.1) is 5.82 Å². The van der Waals surface area contributed by atoms with Gasteiger partial charge in [0.2, 0.25) is 15.9 Å². The van der Waals surface area contributed by atoms with Crippen molar-refractivity contribution in [2.45, 2.75) is 30.8 Å². The zero-order valence-electron chi connectivity index (χ0n) is 19.2. The molecule has 0 spiro atoms. The van der Waals surface area contributed by atoms with E-state index in [1.54, 1.807) is 42.3 Å². The minimum Gasteiger partial charge on any atom is -0.497 e. The molecule has 0 fully saturated rings. The molecular weight excluding hydrogens is 455 g/mol. The fourth-order valence-electron chi connectivity index (χ4n) is 4.06. The molecular formula is C26H27FN2O4S. The number of hydrogen-bond acceptors (Lipinski definition) is 4. The van der Waals surface area contributed by atoms with Crippen LogP contribution in [-0.2, 0) is 40.7 Å². The summed E-state index contributed by atoms with van der Waals surface area (Å²) in [6.07, 6.45) is 0.657. The van der Waals surface area contributed by atoms with Gasteiger partial charge in [-0.1, -0.05) is 30.3 Å². The number of hydrogen-bond donors (Lipinski definition) is 0. The molecule has 1 heterocycles. The van der Waals surface area contributed by atoms with Crippen molar-refractivity contribution in [1.29, 1.82) is 0 Å². The van der Waals surface area contributed by atoms with Crippen molar-refractivity contribution in [2.24, 2.45) is 0 Å². The molecule has 3 aromatic carbocycles. The van der Waals surface area contributed by atoms with Crippen LogP contribution in [0.15, 0.2) is 71.6 Å². The van der Waals surface area contributed by atoms with Crippen LogP contribution in [-0.4, -0.2) is 44.2 Å². The first-order valence-electron chi connectivity index (χ1n) is 11.0. The molecule has 0 atom stereocenters. The summed E-state index contributed by atoms with van der Waals surface area (Å²) < 4.78 is 46.1. The normalized spacial score (nSPS) is 13.2. The zero-order valence-corrected chi connectivity index (χ0v) is 20.0. The van der Waals surface area contributed by atoms with Gasteiger partial charge in [-0.05, 0) is 65.1 Å². The van der Waals surface area contributed by atoms with E-state index in [0.717, 1.165) is 22.3 Å². The number of carbonyl (C=O) groups excluding carboxylic acids is 1. The fourth-order valence-corrected chi connectivity index (χ4v) is 5.28. The third kappa shape index (κ3) is 5.29. The Morgan fingerprint density at radius 2 is 1.74 bits per heavy atom. The SMILES string of the molecule is COc1cccc(CC(=O)N2Cc3ccc(S(=O)(=O)N(C)CCc4cccc(F)c4)cc3C2)c1. The number of sulfonamides is 1. The molecule has 6 nitrogen and oxygen atoms in total. The number of methoxy groups -OCH3 is 1. The molecule has 0 N–H and O–H groups in total. The highest BCUT2D eigenvalue weighted by Gasteiger charge is 2.27. The number of rotatable bonds is 8. The third-order valence-corrected chi connectivity index (χ3v) is 7.91. The summed E-state index contributed by atoms with van der Waals surface area (Å²) in [5, 5.41) is 0. The minimum absolute atomic E-state index is 0.0268. The maximum Gasteiger partial charge on any atom is 0.242 e. The van der Waals surface area contributed by atoms with Crippen molar-refractivity contribution >= 4 is 15.9 Å². The van der Waals surface area contributed by atoms with Gasteiger partial charge in [0.05, 0.1) is 18.4 Å². The first-order chi connectivity index (χ1) is 16.3. The standard InChI is InChI=1S/C26H27FN2O4S/c1-28(12-11-19-5-3-7-23(27)13-19)34(31,32)25-10-9-21-17-29(18-22(21)16-25)26(30)15-20-6-4-8-24(14-20)33-2/h3-10,13-14,16H,11-12,15,17-18H2,1-2H3. The van der Waals surface area contributed by atoms with Crippen LogP contribution in [0.3, 0.4) is 0 Å². The summed E-state index contributed by atoms with van der Waals surface area (Å²) >= 11 is 0. The Hall–Kier alpha value is -3.23. The van der Waals surface area contributed by atoms with E-state index < -0.39 is 10.0 Å². The molecule has 0 saturated heterocycles. The van der Waals surface area contributed by atoms with Crippen molar-refractivity contribution < 1.29 is 22.3 Å². The van der Waals surface area contributed by atoms with Gasteiger partial charge in [0, 0.05) is 26.7 Å². The van der Waals surface area contributed by atoms with Gasteiger partial charge < -0.3 is 9.64 Å². The van der Waals surface area contributed by atoms with Crippen LogP contribution in [0.1, 0.15) is 22.3 Å². The fraction of sp³-hybridized carbons (Fsp3) is 0.269. The summed E-state index contributed by atoms with van der Waals surface area (Å²) in [6, 6.07) is 18.6. The Bertz CT molecular complexity index is 1310. The minimum atomic E-state index is -3.71. The number of halogens is 1. The van der Waals surface area contributed by atoms with Gasteiger partial charge in [0.25, 0.3) is 0 Å². The Morgan fingerprint density at radius 3 is 2.50 bits per heavy atom. The number of carbonyl (C=O) groups is 1. The summed E-state index contributed by atoms with van der Waals surface area (Å²) in [4.78, 5) is 14.8. The van der Waals surface area contributed by atoms with Gasteiger partial charge >= 0.3 is 0 Å². The van der Waals surface area contributed by atoms with Gasteiger partial charge in [-0.3, -0.25) is 4.79 Å². The lowest BCUT2D eigenvalue weighted by molar-refractivity contribution is -0.131. The van der Waals surface area contributed by atoms with E-state index in [2.05, 4.69) is 0 Å². The van der Waals surface area contributed by atoms with Crippen molar-refractivity contribution in [3.63, 3.8) is 0 Å². The van der Waals surface area contributed by atoms with E-state index in [1.807, 2.05) is 24.3 Å². The number of benzene rings is 3. The maximum absolute atomic E-state index is 13.4. The molecule has 0 radical (unpaired) electrons. The lowest BCUT2D eigenvalue weighted by Crippen LogP contribution is -2.29. The molecule has 0 saturated carbocycles. The largest absolute Gasteiger partial charge is 0.497 e. The average molecular weight is 483 g/mol. The van der Waals surface area contributed by atoms with E-state index in [9.17, 15) is 17.6 Å². The summed E-state index contributed by atoms with van der Waals surface area (Å²) in [5.41, 5.74) is 3.38. The van der Waals surface area contributed by atoms with Crippen LogP contribution < -0.4 is 4.74 Å². The molecule has 4 rings (SSSR count). The van der Waals surface area contributed by atoms with Crippen LogP contribution in [0.4, 0.5) is 4.39 Å². The van der Waals surface area contributed by atoms with Gasteiger partial charge in [-0.25, -0.2) is 17.1 Å². The molecule has 3 aromatic rings. The van der Waals surface area contributed by atoms with E-state index in [0.29, 0.717) is 25.3 Å². The number of likely N-dealkylation sites (N-methyl/N-ethyl adjacent to an activating group) is 1. The molecule has 1 amide bonds. The second kappa shape index (κ2) is 9.95. The monoisotopic (exact) mass is 482 g/mol. The average Bonchev–Trinajstić information content (AvgIpc) is 3.26. The molecule has 0 bridgehead atoms. The molecule has 0 aliphatic carbocycles. The summed E-state index contributed by atoms with van der Waals surface area (Å²) in [6.45, 7) is 1.05. The lowest BCUT2D eigenvalue weighted by atomic mass is 10.1. The highest BCUT2D eigenvalue weighted by atomic mass is 32.2. The third-order valence-electron chi connectivity index (χ3n) is 6.05. The van der Waals surface area contributed by atoms with E-state index in [-0.39, 0.29) is 29.6 Å². The van der Waals surface area contributed by atoms with Gasteiger partial charge in [0.15, 0.2) is 0 Å². The zero-order chi connectivity index (χ0) is 24.3. The van der Waals surface area contributed by atoms with Crippen molar-refractivity contribution in [1.82, 2.24) is 9.21 Å². The van der Waals surface area contributed by atoms with E-state index in [4.69, 9.17) is 4.74 Å². The Kier molecular flexibility index (Phi) is 7.00. The number of fused-ring (bicyclic) bond motifs is 1. The van der Waals surface area contributed by atoms with Gasteiger partial charge in [-0.15, -0.1) is 0 Å². The van der Waals surface area contributed by atoms with Crippen LogP contribution in [0.25, 0.3) is 0 Å². The number of amides is 1. The molecule has 0 unspecified atom stereocenters. The molecule has 8 heteroatoms. The lowest BCUT2D eigenvalue weighted by Gasteiger charge is -2.18. The van der Waals surface area contributed by atoms with Crippen LogP contribution in [0.2, 0.25) is 0 Å². The summed E-state index contributed by atoms with van der Waals surface area (Å²) in [7, 11) is -0.607. The molecule has 0 aromatic heterocycles. The van der Waals surface area contributed by atoms with Gasteiger partial charge in [-0.2, -0.15) is 0 Å². The number of ether oxygens (including phenoxy) is 1.